The Bertz CT molecular complexity index is 634. The number of rotatable bonds is 5. The lowest BCUT2D eigenvalue weighted by molar-refractivity contribution is 0.636. The van der Waals surface area contributed by atoms with E-state index in [2.05, 4.69) is 20.6 Å². The molecule has 0 atom stereocenters. The standard InChI is InChI=1S/C13H18N6S/c1-8-6-16-19(7-8)5-4-15-13-11(12(14)20)9(2)10(3)17-18-13/h6-7H,4-5H2,1-3H3,(H2,14,20)(H,15,18). The summed E-state index contributed by atoms with van der Waals surface area (Å²) in [4.78, 5) is 0.331. The number of nitrogens with one attached hydrogen (secondary N) is 1. The molecule has 0 fully saturated rings. The zero-order chi connectivity index (χ0) is 14.7. The fraction of sp³-hybridized carbons (Fsp3) is 0.385. The van der Waals surface area contributed by atoms with Crippen LogP contribution in [0.1, 0.15) is 22.4 Å². The lowest BCUT2D eigenvalue weighted by Gasteiger charge is -2.13. The Morgan fingerprint density at radius 3 is 2.70 bits per heavy atom. The summed E-state index contributed by atoms with van der Waals surface area (Å²) in [7, 11) is 0. The molecule has 106 valence electrons. The van der Waals surface area contributed by atoms with Crippen molar-refractivity contribution in [2.45, 2.75) is 27.3 Å². The predicted octanol–water partition coefficient (Wildman–Crippen LogP) is 1.34. The van der Waals surface area contributed by atoms with Crippen LogP contribution in [0, 0.1) is 20.8 Å². The van der Waals surface area contributed by atoms with Crippen molar-refractivity contribution < 1.29 is 0 Å². The van der Waals surface area contributed by atoms with Crippen LogP contribution < -0.4 is 11.1 Å². The van der Waals surface area contributed by atoms with Gasteiger partial charge in [0.15, 0.2) is 5.82 Å². The van der Waals surface area contributed by atoms with E-state index in [9.17, 15) is 0 Å². The molecular weight excluding hydrogens is 272 g/mol. The first kappa shape index (κ1) is 14.4. The van der Waals surface area contributed by atoms with Crippen LogP contribution >= 0.6 is 12.2 Å². The second-order valence-electron chi connectivity index (χ2n) is 4.71. The maximum atomic E-state index is 5.78. The van der Waals surface area contributed by atoms with Crippen LogP contribution in [0.2, 0.25) is 0 Å². The van der Waals surface area contributed by atoms with E-state index in [0.29, 0.717) is 17.4 Å². The van der Waals surface area contributed by atoms with Crippen LogP contribution in [0.15, 0.2) is 12.4 Å². The number of anilines is 1. The summed E-state index contributed by atoms with van der Waals surface area (Å²) in [5.74, 6) is 0.629. The van der Waals surface area contributed by atoms with E-state index in [-0.39, 0.29) is 0 Å². The molecule has 0 aliphatic rings. The highest BCUT2D eigenvalue weighted by Crippen LogP contribution is 2.18. The van der Waals surface area contributed by atoms with Crippen LogP contribution in [-0.4, -0.2) is 31.5 Å². The minimum absolute atomic E-state index is 0.331. The molecule has 0 spiro atoms. The topological polar surface area (TPSA) is 81.7 Å². The molecule has 2 heterocycles. The smallest absolute Gasteiger partial charge is 0.159 e. The van der Waals surface area contributed by atoms with Gasteiger partial charge in [-0.3, -0.25) is 4.68 Å². The van der Waals surface area contributed by atoms with Crippen LogP contribution in [-0.2, 0) is 6.54 Å². The maximum Gasteiger partial charge on any atom is 0.159 e. The first-order valence-electron chi connectivity index (χ1n) is 6.35. The summed E-state index contributed by atoms with van der Waals surface area (Å²) < 4.78 is 1.87. The van der Waals surface area contributed by atoms with Gasteiger partial charge in [0.25, 0.3) is 0 Å². The van der Waals surface area contributed by atoms with Crippen molar-refractivity contribution in [1.82, 2.24) is 20.0 Å². The molecule has 2 aromatic heterocycles. The van der Waals surface area contributed by atoms with Gasteiger partial charge in [0.2, 0.25) is 0 Å². The SMILES string of the molecule is Cc1cnn(CCNc2nnc(C)c(C)c2C(N)=S)c1. The molecule has 0 unspecified atom stereocenters. The lowest BCUT2D eigenvalue weighted by Crippen LogP contribution is -2.20. The number of aromatic nitrogens is 4. The zero-order valence-electron chi connectivity index (χ0n) is 11.8. The molecule has 0 aromatic carbocycles. The van der Waals surface area contributed by atoms with Gasteiger partial charge in [0.05, 0.1) is 24.0 Å². The number of nitrogens with two attached hydrogens (primary N) is 1. The molecule has 2 rings (SSSR count). The normalized spacial score (nSPS) is 10.6. The molecule has 6 nitrogen and oxygen atoms in total. The summed E-state index contributed by atoms with van der Waals surface area (Å²) in [5.41, 5.74) is 9.48. The van der Waals surface area contributed by atoms with Crippen LogP contribution in [0.25, 0.3) is 0 Å². The van der Waals surface area contributed by atoms with Gasteiger partial charge < -0.3 is 11.1 Å². The third-order valence-corrected chi connectivity index (χ3v) is 3.30. The highest BCUT2D eigenvalue weighted by atomic mass is 32.1. The number of nitrogens with zero attached hydrogens (tertiary/aromatic N) is 4. The first-order valence-corrected chi connectivity index (χ1v) is 6.76. The van der Waals surface area contributed by atoms with Crippen LogP contribution in [0.3, 0.4) is 0 Å². The number of hydrogen-bond acceptors (Lipinski definition) is 5. The van der Waals surface area contributed by atoms with Gasteiger partial charge in [-0.2, -0.15) is 10.2 Å². The van der Waals surface area contributed by atoms with Crippen molar-refractivity contribution in [3.8, 4) is 0 Å². The van der Waals surface area contributed by atoms with Crippen LogP contribution in [0.5, 0.6) is 0 Å². The minimum atomic E-state index is 0.331. The van der Waals surface area contributed by atoms with E-state index in [1.165, 1.54) is 0 Å². The van der Waals surface area contributed by atoms with Crippen molar-refractivity contribution >= 4 is 23.0 Å². The van der Waals surface area contributed by atoms with E-state index >= 15 is 0 Å². The van der Waals surface area contributed by atoms with Crippen molar-refractivity contribution in [2.75, 3.05) is 11.9 Å². The summed E-state index contributed by atoms with van der Waals surface area (Å²) in [6.45, 7) is 7.25. The largest absolute Gasteiger partial charge is 0.389 e. The molecule has 0 radical (unpaired) electrons. The number of hydrogen-bond donors (Lipinski definition) is 2. The third kappa shape index (κ3) is 3.11. The summed E-state index contributed by atoms with van der Waals surface area (Å²) in [6, 6.07) is 0. The Labute approximate surface area is 123 Å². The summed E-state index contributed by atoms with van der Waals surface area (Å²) in [6.07, 6.45) is 3.82. The van der Waals surface area contributed by atoms with Crippen molar-refractivity contribution in [2.24, 2.45) is 5.73 Å². The van der Waals surface area contributed by atoms with Gasteiger partial charge in [0, 0.05) is 12.7 Å². The Kier molecular flexibility index (Phi) is 4.29. The van der Waals surface area contributed by atoms with E-state index in [0.717, 1.165) is 28.9 Å². The molecule has 2 aromatic rings. The summed E-state index contributed by atoms with van der Waals surface area (Å²) in [5, 5.41) is 15.7. The van der Waals surface area contributed by atoms with Gasteiger partial charge in [-0.05, 0) is 31.9 Å². The molecule has 20 heavy (non-hydrogen) atoms. The Morgan fingerprint density at radius 1 is 1.35 bits per heavy atom. The molecule has 3 N–H and O–H groups in total. The van der Waals surface area contributed by atoms with Crippen LogP contribution in [0.4, 0.5) is 5.82 Å². The molecular formula is C13H18N6S. The van der Waals surface area contributed by atoms with E-state index in [1.807, 2.05) is 37.8 Å². The number of aryl methyl sites for hydroxylation is 2. The lowest BCUT2D eigenvalue weighted by atomic mass is 10.1. The van der Waals surface area contributed by atoms with Crippen molar-refractivity contribution in [3.05, 3.63) is 34.8 Å². The highest BCUT2D eigenvalue weighted by Gasteiger charge is 2.13. The first-order chi connectivity index (χ1) is 9.49. The van der Waals surface area contributed by atoms with E-state index in [1.54, 1.807) is 0 Å². The zero-order valence-corrected chi connectivity index (χ0v) is 12.7. The van der Waals surface area contributed by atoms with Gasteiger partial charge in [0.1, 0.15) is 4.99 Å². The second-order valence-corrected chi connectivity index (χ2v) is 5.15. The highest BCUT2D eigenvalue weighted by molar-refractivity contribution is 7.80. The molecule has 0 aliphatic heterocycles. The van der Waals surface area contributed by atoms with Crippen molar-refractivity contribution in [1.29, 1.82) is 0 Å². The quantitative estimate of drug-likeness (QED) is 0.809. The second kappa shape index (κ2) is 5.96. The van der Waals surface area contributed by atoms with Gasteiger partial charge in [-0.1, -0.05) is 12.2 Å². The van der Waals surface area contributed by atoms with Gasteiger partial charge >= 0.3 is 0 Å². The Balaban J connectivity index is 2.09. The minimum Gasteiger partial charge on any atom is -0.389 e. The average molecular weight is 290 g/mol. The monoisotopic (exact) mass is 290 g/mol. The summed E-state index contributed by atoms with van der Waals surface area (Å²) >= 11 is 5.10. The fourth-order valence-corrected chi connectivity index (χ4v) is 2.16. The Morgan fingerprint density at radius 2 is 2.10 bits per heavy atom. The molecule has 0 amide bonds. The Hall–Kier alpha value is -2.02. The molecule has 0 saturated heterocycles. The van der Waals surface area contributed by atoms with Crippen molar-refractivity contribution in [3.63, 3.8) is 0 Å². The van der Waals surface area contributed by atoms with E-state index in [4.69, 9.17) is 18.0 Å². The molecule has 0 bridgehead atoms. The molecule has 0 saturated carbocycles. The van der Waals surface area contributed by atoms with Gasteiger partial charge in [-0.15, -0.1) is 5.10 Å². The predicted molar refractivity (Wildman–Crippen MR) is 82.8 cm³/mol. The molecule has 0 aliphatic carbocycles. The third-order valence-electron chi connectivity index (χ3n) is 3.10. The average Bonchev–Trinajstić information content (AvgIpc) is 2.79. The fourth-order valence-electron chi connectivity index (χ4n) is 1.91. The molecule has 7 heteroatoms. The number of thiocarbonyl (C=S) groups is 1. The van der Waals surface area contributed by atoms with E-state index < -0.39 is 0 Å². The van der Waals surface area contributed by atoms with Gasteiger partial charge in [-0.25, -0.2) is 0 Å². The maximum absolute atomic E-state index is 5.78.